The highest BCUT2D eigenvalue weighted by molar-refractivity contribution is 7.54. The van der Waals surface area contributed by atoms with Gasteiger partial charge in [-0.1, -0.05) is 18.2 Å². The highest BCUT2D eigenvalue weighted by Gasteiger charge is 2.46. The lowest BCUT2D eigenvalue weighted by molar-refractivity contribution is -0.152. The second-order valence-electron chi connectivity index (χ2n) is 9.17. The van der Waals surface area contributed by atoms with E-state index in [2.05, 4.69) is 15.0 Å². The fraction of sp³-hybridized carbons (Fsp3) is 0.478. The zero-order valence-corrected chi connectivity index (χ0v) is 22.3. The first kappa shape index (κ1) is 27.3. The van der Waals surface area contributed by atoms with Crippen LogP contribution >= 0.6 is 19.2 Å². The van der Waals surface area contributed by atoms with E-state index in [-0.39, 0.29) is 30.3 Å². The second kappa shape index (κ2) is 10.9. The molecule has 200 valence electrons. The van der Waals surface area contributed by atoms with E-state index in [1.807, 2.05) is 0 Å². The summed E-state index contributed by atoms with van der Waals surface area (Å²) < 4.78 is 38.9. The number of aromatic nitrogens is 4. The Labute approximate surface area is 218 Å². The molecule has 3 N–H and O–H groups in total. The first-order valence-corrected chi connectivity index (χ1v) is 13.8. The van der Waals surface area contributed by atoms with Crippen LogP contribution in [0.2, 0.25) is 5.28 Å². The minimum Gasteiger partial charge on any atom is -0.466 e. The van der Waals surface area contributed by atoms with Gasteiger partial charge in [0.25, 0.3) is 0 Å². The van der Waals surface area contributed by atoms with Gasteiger partial charge in [-0.05, 0) is 44.5 Å². The lowest BCUT2D eigenvalue weighted by Crippen LogP contribution is -2.34. The Bertz CT molecular complexity index is 1310. The maximum atomic E-state index is 14.2. The Morgan fingerprint density at radius 2 is 2.05 bits per heavy atom. The van der Waals surface area contributed by atoms with Gasteiger partial charge in [-0.2, -0.15) is 9.97 Å². The number of para-hydroxylation sites is 1. The molecule has 1 saturated heterocycles. The number of hydrogen-bond donors (Lipinski definition) is 2. The molecule has 1 aliphatic rings. The van der Waals surface area contributed by atoms with Crippen LogP contribution in [0.5, 0.6) is 5.75 Å². The number of imidazole rings is 1. The minimum atomic E-state index is -3.99. The summed E-state index contributed by atoms with van der Waals surface area (Å²) in [6.45, 7) is 4.67. The molecular formula is C23H29ClN5O7P. The number of carbonyl (C=O) groups is 1. The van der Waals surface area contributed by atoms with Gasteiger partial charge in [0, 0.05) is 6.42 Å². The predicted octanol–water partition coefficient (Wildman–Crippen LogP) is 3.59. The number of anilines is 1. The van der Waals surface area contributed by atoms with Crippen LogP contribution in [0.4, 0.5) is 5.82 Å². The number of carbonyl (C=O) groups excluding carboxylic acids is 1. The SMILES string of the molecule is CCOC(=O)C(C)(C)CP(=O)(Oc1ccccc1)OC1C[C@H](n2cnc3c(N)nc(Cl)nc32)O[C@@H]1CO. The smallest absolute Gasteiger partial charge is 0.380 e. The summed E-state index contributed by atoms with van der Waals surface area (Å²) in [5.41, 5.74) is 5.40. The van der Waals surface area contributed by atoms with E-state index in [9.17, 15) is 14.5 Å². The Kier molecular flexibility index (Phi) is 8.05. The number of rotatable bonds is 10. The van der Waals surface area contributed by atoms with Crippen molar-refractivity contribution in [3.05, 3.63) is 41.9 Å². The fourth-order valence-corrected chi connectivity index (χ4v) is 6.61. The van der Waals surface area contributed by atoms with Gasteiger partial charge in [0.1, 0.15) is 29.7 Å². The van der Waals surface area contributed by atoms with E-state index in [1.54, 1.807) is 55.7 Å². The van der Waals surface area contributed by atoms with E-state index >= 15 is 0 Å². The molecule has 4 rings (SSSR count). The van der Waals surface area contributed by atoms with E-state index in [0.717, 1.165) is 0 Å². The van der Waals surface area contributed by atoms with Crippen molar-refractivity contribution in [2.75, 3.05) is 25.1 Å². The van der Waals surface area contributed by atoms with Crippen LogP contribution in [0.25, 0.3) is 11.2 Å². The van der Waals surface area contributed by atoms with Gasteiger partial charge in [0.15, 0.2) is 11.5 Å². The normalized spacial score (nSPS) is 21.6. The molecule has 0 amide bonds. The molecule has 2 unspecified atom stereocenters. The van der Waals surface area contributed by atoms with Crippen LogP contribution in [0.3, 0.4) is 0 Å². The molecule has 0 aliphatic carbocycles. The molecule has 2 aromatic heterocycles. The number of nitrogens with zero attached hydrogens (tertiary/aromatic N) is 4. The second-order valence-corrected chi connectivity index (χ2v) is 11.4. The number of halogens is 1. The molecule has 12 nitrogen and oxygen atoms in total. The van der Waals surface area contributed by atoms with Crippen molar-refractivity contribution in [3.63, 3.8) is 0 Å². The van der Waals surface area contributed by atoms with Crippen molar-refractivity contribution in [1.29, 1.82) is 0 Å². The summed E-state index contributed by atoms with van der Waals surface area (Å²) in [7, 11) is -3.99. The van der Waals surface area contributed by atoms with Gasteiger partial charge in [0.2, 0.25) is 5.28 Å². The molecule has 3 aromatic rings. The van der Waals surface area contributed by atoms with Crippen molar-refractivity contribution in [1.82, 2.24) is 19.5 Å². The largest absolute Gasteiger partial charge is 0.466 e. The maximum absolute atomic E-state index is 14.2. The topological polar surface area (TPSA) is 161 Å². The molecular weight excluding hydrogens is 525 g/mol. The van der Waals surface area contributed by atoms with Crippen molar-refractivity contribution < 1.29 is 33.0 Å². The highest BCUT2D eigenvalue weighted by Crippen LogP contribution is 2.55. The van der Waals surface area contributed by atoms with Crippen LogP contribution in [0.1, 0.15) is 33.4 Å². The summed E-state index contributed by atoms with van der Waals surface area (Å²) in [4.78, 5) is 24.9. The first-order chi connectivity index (χ1) is 17.5. The van der Waals surface area contributed by atoms with Crippen molar-refractivity contribution >= 4 is 42.1 Å². The zero-order chi connectivity index (χ0) is 26.8. The standard InChI is InChI=1S/C23H29ClN5O7P/c1-4-33-21(31)23(2,3)12-37(32,35-14-8-6-5-7-9-14)36-15-10-17(34-16(15)11-30)29-13-26-18-19(25)27-22(24)28-20(18)29/h5-9,13,15-17,30H,4,10-12H2,1-3H3,(H2,25,27,28)/t15?,16-,17-,37?/m1/s1. The number of nitrogen functional groups attached to an aromatic ring is 1. The number of fused-ring (bicyclic) bond motifs is 1. The third-order valence-corrected chi connectivity index (χ3v) is 8.22. The monoisotopic (exact) mass is 553 g/mol. The van der Waals surface area contributed by atoms with E-state index < -0.39 is 44.0 Å². The van der Waals surface area contributed by atoms with Crippen LogP contribution < -0.4 is 10.3 Å². The molecule has 1 fully saturated rings. The molecule has 3 heterocycles. The highest BCUT2D eigenvalue weighted by atomic mass is 35.5. The summed E-state index contributed by atoms with van der Waals surface area (Å²) in [5.74, 6) is -0.113. The fourth-order valence-electron chi connectivity index (χ4n) is 4.08. The van der Waals surface area contributed by atoms with Gasteiger partial charge < -0.3 is 24.8 Å². The van der Waals surface area contributed by atoms with E-state index in [4.69, 9.17) is 35.9 Å². The molecule has 1 aromatic carbocycles. The van der Waals surface area contributed by atoms with Gasteiger partial charge in [-0.15, -0.1) is 0 Å². The number of aliphatic hydroxyl groups is 1. The van der Waals surface area contributed by atoms with E-state index in [1.165, 1.54) is 6.33 Å². The molecule has 0 bridgehead atoms. The third kappa shape index (κ3) is 6.05. The molecule has 0 spiro atoms. The molecule has 4 atom stereocenters. The quantitative estimate of drug-likeness (QED) is 0.214. The Morgan fingerprint density at radius 1 is 1.32 bits per heavy atom. The maximum Gasteiger partial charge on any atom is 0.380 e. The summed E-state index contributed by atoms with van der Waals surface area (Å²) >= 11 is 5.98. The van der Waals surface area contributed by atoms with Crippen molar-refractivity contribution in [2.45, 2.75) is 45.6 Å². The van der Waals surface area contributed by atoms with E-state index in [0.29, 0.717) is 16.9 Å². The van der Waals surface area contributed by atoms with Gasteiger partial charge >= 0.3 is 13.6 Å². The Morgan fingerprint density at radius 3 is 2.73 bits per heavy atom. The van der Waals surface area contributed by atoms with Crippen LogP contribution in [0, 0.1) is 5.41 Å². The lowest BCUT2D eigenvalue weighted by Gasteiger charge is -2.30. The van der Waals surface area contributed by atoms with Gasteiger partial charge in [0.05, 0.1) is 31.1 Å². The van der Waals surface area contributed by atoms with Gasteiger partial charge in [-0.3, -0.25) is 13.9 Å². The number of ether oxygens (including phenoxy) is 2. The average Bonchev–Trinajstić information content (AvgIpc) is 3.43. The van der Waals surface area contributed by atoms with Gasteiger partial charge in [-0.25, -0.2) is 9.55 Å². The van der Waals surface area contributed by atoms with Crippen molar-refractivity contribution in [2.24, 2.45) is 5.41 Å². The van der Waals surface area contributed by atoms with Crippen molar-refractivity contribution in [3.8, 4) is 5.75 Å². The van der Waals surface area contributed by atoms with Crippen LogP contribution in [-0.2, 0) is 23.4 Å². The van der Waals surface area contributed by atoms with Crippen LogP contribution in [0.15, 0.2) is 36.7 Å². The minimum absolute atomic E-state index is 0.0572. The number of hydrogen-bond acceptors (Lipinski definition) is 11. The molecule has 0 radical (unpaired) electrons. The lowest BCUT2D eigenvalue weighted by atomic mass is 9.97. The molecule has 0 saturated carbocycles. The zero-order valence-electron chi connectivity index (χ0n) is 20.6. The van der Waals surface area contributed by atoms with Crippen LogP contribution in [-0.4, -0.2) is 62.2 Å². The number of nitrogens with two attached hydrogens (primary N) is 1. The average molecular weight is 554 g/mol. The first-order valence-electron chi connectivity index (χ1n) is 11.7. The summed E-state index contributed by atoms with van der Waals surface area (Å²) in [5, 5.41) is 9.97. The molecule has 14 heteroatoms. The summed E-state index contributed by atoms with van der Waals surface area (Å²) in [6, 6.07) is 8.51. The number of aliphatic hydroxyl groups excluding tert-OH is 1. The molecule has 1 aliphatic heterocycles. The number of esters is 1. The Balaban J connectivity index is 1.62. The summed E-state index contributed by atoms with van der Waals surface area (Å²) in [6.07, 6.45) is -1.02. The number of benzene rings is 1. The molecule has 37 heavy (non-hydrogen) atoms. The Hall–Kier alpha value is -2.76. The predicted molar refractivity (Wildman–Crippen MR) is 135 cm³/mol. The third-order valence-electron chi connectivity index (χ3n) is 5.79.